The van der Waals surface area contributed by atoms with Gasteiger partial charge in [0.05, 0.1) is 19.1 Å². The number of rotatable bonds is 5. The molecule has 0 aromatic heterocycles. The van der Waals surface area contributed by atoms with E-state index in [2.05, 4.69) is 0 Å². The first kappa shape index (κ1) is 17.3. The van der Waals surface area contributed by atoms with Crippen molar-refractivity contribution < 1.29 is 24.2 Å². The van der Waals surface area contributed by atoms with Gasteiger partial charge in [0.1, 0.15) is 10.4 Å². The number of hydrogen-bond acceptors (Lipinski definition) is 6. The summed E-state index contributed by atoms with van der Waals surface area (Å²) in [4.78, 5) is 25.0. The first-order chi connectivity index (χ1) is 10.9. The second-order valence-corrected chi connectivity index (χ2v) is 6.32. The van der Waals surface area contributed by atoms with E-state index >= 15 is 0 Å². The van der Waals surface area contributed by atoms with Gasteiger partial charge in [-0.05, 0) is 19.1 Å². The lowest BCUT2D eigenvalue weighted by molar-refractivity contribution is -0.144. The number of carboxylic acids is 1. The molecule has 2 rings (SSSR count). The summed E-state index contributed by atoms with van der Waals surface area (Å²) in [6.07, 6.45) is 1.62. The fourth-order valence-electron chi connectivity index (χ4n) is 2.09. The monoisotopic (exact) mass is 353 g/mol. The molecule has 1 aliphatic rings. The summed E-state index contributed by atoms with van der Waals surface area (Å²) < 4.78 is 10.8. The molecule has 23 heavy (non-hydrogen) atoms. The smallest absolute Gasteiger partial charge is 0.326 e. The maximum atomic E-state index is 12.4. The Morgan fingerprint density at radius 1 is 1.39 bits per heavy atom. The summed E-state index contributed by atoms with van der Waals surface area (Å²) in [5, 5.41) is 9.09. The summed E-state index contributed by atoms with van der Waals surface area (Å²) >= 11 is 6.19. The number of nitrogens with zero attached hydrogens (tertiary/aromatic N) is 1. The van der Waals surface area contributed by atoms with Gasteiger partial charge in [-0.2, -0.15) is 0 Å². The number of amides is 1. The van der Waals surface area contributed by atoms with E-state index in [1.165, 1.54) is 21.1 Å². The molecule has 1 fully saturated rings. The topological polar surface area (TPSA) is 76.1 Å². The number of methoxy groups -OCH3 is 2. The van der Waals surface area contributed by atoms with Gasteiger partial charge in [0.15, 0.2) is 11.5 Å². The Labute approximate surface area is 143 Å². The number of thioether (sulfide) groups is 1. The molecule has 0 aliphatic carbocycles. The quantitative estimate of drug-likeness (QED) is 0.643. The summed E-state index contributed by atoms with van der Waals surface area (Å²) in [7, 11) is 3.03. The molecule has 1 aromatic rings. The van der Waals surface area contributed by atoms with Gasteiger partial charge in [0, 0.05) is 5.56 Å². The van der Waals surface area contributed by atoms with Crippen molar-refractivity contribution in [3.8, 4) is 11.5 Å². The Balaban J connectivity index is 2.40. The van der Waals surface area contributed by atoms with Gasteiger partial charge in [0.2, 0.25) is 0 Å². The zero-order chi connectivity index (χ0) is 17.1. The van der Waals surface area contributed by atoms with Gasteiger partial charge in [-0.3, -0.25) is 9.69 Å². The molecule has 6 nitrogen and oxygen atoms in total. The van der Waals surface area contributed by atoms with E-state index in [0.717, 1.165) is 16.7 Å². The van der Waals surface area contributed by atoms with Crippen LogP contribution in [0.3, 0.4) is 0 Å². The van der Waals surface area contributed by atoms with E-state index in [9.17, 15) is 9.59 Å². The lowest BCUT2D eigenvalue weighted by atomic mass is 10.1. The van der Waals surface area contributed by atoms with Crippen molar-refractivity contribution in [1.29, 1.82) is 0 Å². The number of carboxylic acid groups (broad SMARTS) is 1. The third kappa shape index (κ3) is 3.32. The van der Waals surface area contributed by atoms with Gasteiger partial charge in [-0.1, -0.05) is 36.1 Å². The van der Waals surface area contributed by atoms with E-state index in [0.29, 0.717) is 22.0 Å². The standard InChI is InChI=1S/C15H15NO5S2/c1-8(14(18)19)16-13(17)11(23-15(16)22)7-9-5-4-6-10(20-2)12(9)21-3/h4-8H,1-3H3,(H,18,19)/b11-7-. The zero-order valence-corrected chi connectivity index (χ0v) is 14.4. The van der Waals surface area contributed by atoms with Crippen molar-refractivity contribution in [1.82, 2.24) is 4.90 Å². The zero-order valence-electron chi connectivity index (χ0n) is 12.7. The lowest BCUT2D eigenvalue weighted by Gasteiger charge is -2.18. The average molecular weight is 353 g/mol. The fraction of sp³-hybridized carbons (Fsp3) is 0.267. The third-order valence-corrected chi connectivity index (χ3v) is 4.62. The molecule has 1 heterocycles. The van der Waals surface area contributed by atoms with Crippen LogP contribution in [0.5, 0.6) is 11.5 Å². The summed E-state index contributed by atoms with van der Waals surface area (Å²) in [6.45, 7) is 1.42. The predicted molar refractivity (Wildman–Crippen MR) is 91.7 cm³/mol. The number of carbonyl (C=O) groups excluding carboxylic acids is 1. The second-order valence-electron chi connectivity index (χ2n) is 4.65. The highest BCUT2D eigenvalue weighted by atomic mass is 32.2. The van der Waals surface area contributed by atoms with Crippen LogP contribution in [-0.2, 0) is 9.59 Å². The van der Waals surface area contributed by atoms with E-state index in [-0.39, 0.29) is 4.32 Å². The van der Waals surface area contributed by atoms with Crippen LogP contribution < -0.4 is 9.47 Å². The summed E-state index contributed by atoms with van der Waals surface area (Å²) in [5.74, 6) is -0.511. The maximum absolute atomic E-state index is 12.4. The Bertz CT molecular complexity index is 701. The average Bonchev–Trinajstić information content (AvgIpc) is 2.80. The molecule has 1 aliphatic heterocycles. The minimum absolute atomic E-state index is 0.220. The van der Waals surface area contributed by atoms with Crippen LogP contribution in [0.15, 0.2) is 23.1 Å². The minimum atomic E-state index is -1.11. The Morgan fingerprint density at radius 2 is 2.09 bits per heavy atom. The molecule has 0 saturated carbocycles. The van der Waals surface area contributed by atoms with Gasteiger partial charge in [0.25, 0.3) is 5.91 Å². The number of thiocarbonyl (C=S) groups is 1. The fourth-order valence-corrected chi connectivity index (χ4v) is 3.50. The van der Waals surface area contributed by atoms with E-state index < -0.39 is 17.9 Å². The molecule has 1 atom stereocenters. The van der Waals surface area contributed by atoms with Crippen molar-refractivity contribution in [2.45, 2.75) is 13.0 Å². The van der Waals surface area contributed by atoms with Crippen LogP contribution in [-0.4, -0.2) is 46.5 Å². The van der Waals surface area contributed by atoms with Crippen LogP contribution in [0.2, 0.25) is 0 Å². The lowest BCUT2D eigenvalue weighted by Crippen LogP contribution is -2.41. The first-order valence-electron chi connectivity index (χ1n) is 6.61. The largest absolute Gasteiger partial charge is 0.493 e. The van der Waals surface area contributed by atoms with E-state index in [4.69, 9.17) is 26.8 Å². The van der Waals surface area contributed by atoms with Crippen LogP contribution >= 0.6 is 24.0 Å². The highest BCUT2D eigenvalue weighted by Crippen LogP contribution is 2.37. The molecule has 1 unspecified atom stereocenters. The molecule has 122 valence electrons. The van der Waals surface area contributed by atoms with E-state index in [1.54, 1.807) is 24.3 Å². The molecule has 0 bridgehead atoms. The molecule has 1 saturated heterocycles. The minimum Gasteiger partial charge on any atom is -0.493 e. The Hall–Kier alpha value is -2.06. The van der Waals surface area contributed by atoms with E-state index in [1.807, 2.05) is 0 Å². The maximum Gasteiger partial charge on any atom is 0.326 e. The van der Waals surface area contributed by atoms with Crippen molar-refractivity contribution in [3.63, 3.8) is 0 Å². The first-order valence-corrected chi connectivity index (χ1v) is 7.84. The molecule has 1 N–H and O–H groups in total. The van der Waals surface area contributed by atoms with Crippen LogP contribution in [0.25, 0.3) is 6.08 Å². The summed E-state index contributed by atoms with van der Waals surface area (Å²) in [6, 6.07) is 4.27. The molecular formula is C15H15NO5S2. The second kappa shape index (κ2) is 7.01. The molecule has 0 radical (unpaired) electrons. The van der Waals surface area contributed by atoms with Crippen molar-refractivity contribution in [3.05, 3.63) is 28.7 Å². The van der Waals surface area contributed by atoms with Crippen molar-refractivity contribution >= 4 is 46.3 Å². The van der Waals surface area contributed by atoms with Crippen LogP contribution in [0.4, 0.5) is 0 Å². The number of hydrogen-bond donors (Lipinski definition) is 1. The van der Waals surface area contributed by atoms with Gasteiger partial charge >= 0.3 is 5.97 Å². The number of aliphatic carboxylic acids is 1. The van der Waals surface area contributed by atoms with Crippen molar-refractivity contribution in [2.75, 3.05) is 14.2 Å². The summed E-state index contributed by atoms with van der Waals surface area (Å²) in [5.41, 5.74) is 0.648. The normalized spacial score (nSPS) is 17.5. The molecular weight excluding hydrogens is 338 g/mol. The van der Waals surface area contributed by atoms with Gasteiger partial charge in [-0.25, -0.2) is 4.79 Å². The Morgan fingerprint density at radius 3 is 2.65 bits per heavy atom. The molecule has 0 spiro atoms. The van der Waals surface area contributed by atoms with Gasteiger partial charge in [-0.15, -0.1) is 0 Å². The van der Waals surface area contributed by atoms with Gasteiger partial charge < -0.3 is 14.6 Å². The predicted octanol–water partition coefficient (Wildman–Crippen LogP) is 2.38. The number of carbonyl (C=O) groups is 2. The molecule has 8 heteroatoms. The van der Waals surface area contributed by atoms with Crippen molar-refractivity contribution in [2.24, 2.45) is 0 Å². The number of para-hydroxylation sites is 1. The SMILES string of the molecule is COc1cccc(/C=C2\SC(=S)N(C(C)C(=O)O)C2=O)c1OC. The number of benzene rings is 1. The molecule has 1 amide bonds. The Kier molecular flexibility index (Phi) is 5.27. The van der Waals surface area contributed by atoms with Crippen LogP contribution in [0.1, 0.15) is 12.5 Å². The highest BCUT2D eigenvalue weighted by Gasteiger charge is 2.38. The molecule has 1 aromatic carbocycles. The highest BCUT2D eigenvalue weighted by molar-refractivity contribution is 8.26. The third-order valence-electron chi connectivity index (χ3n) is 3.29. The van der Waals surface area contributed by atoms with Crippen LogP contribution in [0, 0.1) is 0 Å². The number of ether oxygens (including phenoxy) is 2.